The molecule has 3 aliphatic rings. The first-order valence-electron chi connectivity index (χ1n) is 13.8. The summed E-state index contributed by atoms with van der Waals surface area (Å²) in [5.74, 6) is -0.766. The van der Waals surface area contributed by atoms with Gasteiger partial charge in [-0.25, -0.2) is 9.37 Å². The third-order valence-electron chi connectivity index (χ3n) is 8.12. The van der Waals surface area contributed by atoms with Crippen LogP contribution in [0.15, 0.2) is 41.2 Å². The lowest BCUT2D eigenvalue weighted by atomic mass is 10.0. The second-order valence-corrected chi connectivity index (χ2v) is 10.8. The van der Waals surface area contributed by atoms with Crippen LogP contribution in [0.2, 0.25) is 0 Å². The Bertz CT molecular complexity index is 1510. The van der Waals surface area contributed by atoms with Crippen molar-refractivity contribution >= 4 is 28.4 Å². The Balaban J connectivity index is 1.15. The van der Waals surface area contributed by atoms with Crippen LogP contribution in [0, 0.1) is 12.7 Å². The van der Waals surface area contributed by atoms with Crippen LogP contribution >= 0.6 is 0 Å². The number of amides is 2. The Morgan fingerprint density at radius 3 is 2.67 bits per heavy atom. The van der Waals surface area contributed by atoms with Gasteiger partial charge in [0.1, 0.15) is 17.7 Å². The number of ether oxygens (including phenoxy) is 1. The molecule has 3 fully saturated rings. The van der Waals surface area contributed by atoms with Crippen molar-refractivity contribution < 1.29 is 18.7 Å². The standard InChI is InChI=1S/C29H33FN6O4/c1-18-32-24-4-2-3-23(27(24)29(39)36(18)25-7-8-26(37)33-28(25)38)31-14-20-6-5-19(13-22(20)30)15-34-16-21(17-34)35-9-11-40-12-10-35/h2-6,13,21,25,31H,7-12,14-17H2,1H3,(H,33,37,38). The molecule has 1 unspecified atom stereocenters. The number of aryl methyl sites for hydroxylation is 1. The van der Waals surface area contributed by atoms with Gasteiger partial charge in [-0.1, -0.05) is 18.2 Å². The number of halogens is 1. The van der Waals surface area contributed by atoms with Crippen LogP contribution in [-0.2, 0) is 27.4 Å². The molecule has 0 saturated carbocycles. The summed E-state index contributed by atoms with van der Waals surface area (Å²) in [4.78, 5) is 47.1. The quantitative estimate of drug-likeness (QED) is 0.432. The van der Waals surface area contributed by atoms with Gasteiger partial charge >= 0.3 is 0 Å². The number of imide groups is 1. The monoisotopic (exact) mass is 548 g/mol. The van der Waals surface area contributed by atoms with Gasteiger partial charge in [0.15, 0.2) is 0 Å². The van der Waals surface area contributed by atoms with Gasteiger partial charge in [0.2, 0.25) is 11.8 Å². The van der Waals surface area contributed by atoms with Crippen LogP contribution < -0.4 is 16.2 Å². The molecule has 10 nitrogen and oxygen atoms in total. The summed E-state index contributed by atoms with van der Waals surface area (Å²) in [6.45, 7) is 8.07. The number of rotatable bonds is 7. The third-order valence-corrected chi connectivity index (χ3v) is 8.12. The van der Waals surface area contributed by atoms with Gasteiger partial charge in [-0.05, 0) is 37.1 Å². The zero-order valence-corrected chi connectivity index (χ0v) is 22.5. The molecule has 3 aliphatic heterocycles. The number of benzene rings is 2. The van der Waals surface area contributed by atoms with Gasteiger partial charge in [-0.3, -0.25) is 34.1 Å². The molecule has 0 aliphatic carbocycles. The minimum Gasteiger partial charge on any atom is -0.380 e. The molecule has 1 aromatic heterocycles. The molecule has 210 valence electrons. The summed E-state index contributed by atoms with van der Waals surface area (Å²) in [5, 5.41) is 5.83. The first-order valence-corrected chi connectivity index (χ1v) is 13.8. The van der Waals surface area contributed by atoms with Crippen LogP contribution in [-0.4, -0.2) is 76.6 Å². The average molecular weight is 549 g/mol. The zero-order valence-electron chi connectivity index (χ0n) is 22.5. The van der Waals surface area contributed by atoms with E-state index in [2.05, 4.69) is 25.4 Å². The molecular formula is C29H33FN6O4. The van der Waals surface area contributed by atoms with Crippen molar-refractivity contribution in [2.45, 2.75) is 44.9 Å². The van der Waals surface area contributed by atoms with E-state index in [0.29, 0.717) is 40.6 Å². The lowest BCUT2D eigenvalue weighted by molar-refractivity contribution is -0.135. The van der Waals surface area contributed by atoms with Crippen molar-refractivity contribution in [3.63, 3.8) is 0 Å². The van der Waals surface area contributed by atoms with E-state index in [1.807, 2.05) is 6.07 Å². The molecule has 40 heavy (non-hydrogen) atoms. The summed E-state index contributed by atoms with van der Waals surface area (Å²) >= 11 is 0. The summed E-state index contributed by atoms with van der Waals surface area (Å²) in [6, 6.07) is 10.3. The first-order chi connectivity index (χ1) is 19.4. The Kier molecular flexibility index (Phi) is 7.35. The fourth-order valence-electron chi connectivity index (χ4n) is 5.92. The van der Waals surface area contributed by atoms with Gasteiger partial charge in [-0.2, -0.15) is 0 Å². The van der Waals surface area contributed by atoms with Crippen LogP contribution in [0.25, 0.3) is 10.9 Å². The number of nitrogens with one attached hydrogen (secondary N) is 2. The number of likely N-dealkylation sites (tertiary alicyclic amines) is 1. The Morgan fingerprint density at radius 1 is 1.12 bits per heavy atom. The minimum atomic E-state index is -0.810. The highest BCUT2D eigenvalue weighted by atomic mass is 19.1. The number of carbonyl (C=O) groups excluding carboxylic acids is 2. The largest absolute Gasteiger partial charge is 0.380 e. The maximum atomic E-state index is 15.1. The van der Waals surface area contributed by atoms with E-state index in [-0.39, 0.29) is 36.7 Å². The fourth-order valence-corrected chi connectivity index (χ4v) is 5.92. The molecule has 2 N–H and O–H groups in total. The van der Waals surface area contributed by atoms with E-state index >= 15 is 4.39 Å². The molecule has 11 heteroatoms. The van der Waals surface area contributed by atoms with Crippen molar-refractivity contribution in [1.82, 2.24) is 24.7 Å². The molecular weight excluding hydrogens is 515 g/mol. The number of nitrogens with zero attached hydrogens (tertiary/aromatic N) is 4. The van der Waals surface area contributed by atoms with E-state index in [4.69, 9.17) is 4.74 Å². The summed E-state index contributed by atoms with van der Waals surface area (Å²) in [5.41, 5.74) is 2.03. The molecule has 4 heterocycles. The van der Waals surface area contributed by atoms with E-state index < -0.39 is 11.9 Å². The smallest absolute Gasteiger partial charge is 0.264 e. The van der Waals surface area contributed by atoms with Crippen molar-refractivity contribution in [1.29, 1.82) is 0 Å². The topological polar surface area (TPSA) is 109 Å². The van der Waals surface area contributed by atoms with E-state index in [1.165, 1.54) is 4.57 Å². The number of aromatic nitrogens is 2. The van der Waals surface area contributed by atoms with Crippen molar-refractivity contribution in [3.05, 3.63) is 69.5 Å². The number of carbonyl (C=O) groups is 2. The molecule has 3 saturated heterocycles. The third kappa shape index (κ3) is 5.24. The Labute approximate surface area is 231 Å². The van der Waals surface area contributed by atoms with Crippen LogP contribution in [0.1, 0.15) is 35.8 Å². The maximum absolute atomic E-state index is 15.1. The summed E-state index contributed by atoms with van der Waals surface area (Å²) in [7, 11) is 0. The molecule has 3 aromatic rings. The van der Waals surface area contributed by atoms with Gasteiger partial charge in [0, 0.05) is 63.0 Å². The highest BCUT2D eigenvalue weighted by Crippen LogP contribution is 2.25. The number of morpholine rings is 1. The lowest BCUT2D eigenvalue weighted by Crippen LogP contribution is -2.60. The number of fused-ring (bicyclic) bond motifs is 1. The number of hydrogen-bond donors (Lipinski definition) is 2. The number of anilines is 1. The molecule has 1 atom stereocenters. The highest BCUT2D eigenvalue weighted by Gasteiger charge is 2.33. The van der Waals surface area contributed by atoms with Gasteiger partial charge in [0.25, 0.3) is 5.56 Å². The predicted molar refractivity (Wildman–Crippen MR) is 147 cm³/mol. The second kappa shape index (κ2) is 11.1. The fraction of sp³-hybridized carbons (Fsp3) is 0.448. The van der Waals surface area contributed by atoms with Gasteiger partial charge in [-0.15, -0.1) is 0 Å². The number of hydrogen-bond acceptors (Lipinski definition) is 8. The summed E-state index contributed by atoms with van der Waals surface area (Å²) < 4.78 is 21.9. The Morgan fingerprint density at radius 2 is 1.93 bits per heavy atom. The molecule has 0 radical (unpaired) electrons. The molecule has 0 spiro atoms. The molecule has 2 aromatic carbocycles. The van der Waals surface area contributed by atoms with Crippen LogP contribution in [0.4, 0.5) is 10.1 Å². The predicted octanol–water partition coefficient (Wildman–Crippen LogP) is 1.95. The van der Waals surface area contributed by atoms with E-state index in [1.54, 1.807) is 37.3 Å². The highest BCUT2D eigenvalue weighted by molar-refractivity contribution is 5.99. The Hall–Kier alpha value is -3.67. The van der Waals surface area contributed by atoms with E-state index in [0.717, 1.165) is 45.0 Å². The van der Waals surface area contributed by atoms with Crippen molar-refractivity contribution in [2.75, 3.05) is 44.7 Å². The molecule has 2 amide bonds. The van der Waals surface area contributed by atoms with Crippen molar-refractivity contribution in [2.24, 2.45) is 0 Å². The number of piperidine rings is 1. The van der Waals surface area contributed by atoms with Gasteiger partial charge < -0.3 is 10.1 Å². The first kappa shape index (κ1) is 26.5. The van der Waals surface area contributed by atoms with Crippen molar-refractivity contribution in [3.8, 4) is 0 Å². The zero-order chi connectivity index (χ0) is 27.8. The lowest BCUT2D eigenvalue weighted by Gasteiger charge is -2.46. The molecule has 0 bridgehead atoms. The normalized spacial score (nSPS) is 20.9. The average Bonchev–Trinajstić information content (AvgIpc) is 2.91. The van der Waals surface area contributed by atoms with Crippen LogP contribution in [0.5, 0.6) is 0 Å². The van der Waals surface area contributed by atoms with Gasteiger partial charge in [0.05, 0.1) is 24.1 Å². The van der Waals surface area contributed by atoms with Crippen LogP contribution in [0.3, 0.4) is 0 Å². The summed E-state index contributed by atoms with van der Waals surface area (Å²) in [6.07, 6.45) is 0.388. The van der Waals surface area contributed by atoms with E-state index in [9.17, 15) is 14.4 Å². The minimum absolute atomic E-state index is 0.154. The second-order valence-electron chi connectivity index (χ2n) is 10.8. The molecule has 6 rings (SSSR count). The maximum Gasteiger partial charge on any atom is 0.264 e. The SMILES string of the molecule is Cc1nc2cccc(NCc3ccc(CN4CC(N5CCOCC5)C4)cc3F)c2c(=O)n1C1CCC(=O)NC1=O.